The largest absolute Gasteiger partial charge is 0.327 e. The first-order valence-corrected chi connectivity index (χ1v) is 27.1. The molecule has 16 rings (SSSR count). The summed E-state index contributed by atoms with van der Waals surface area (Å²) in [6.45, 7) is 0. The Bertz CT molecular complexity index is 5040. The summed E-state index contributed by atoms with van der Waals surface area (Å²) < 4.78 is 4.62. The van der Waals surface area contributed by atoms with Gasteiger partial charge in [-0.25, -0.2) is 9.97 Å². The molecule has 0 saturated heterocycles. The van der Waals surface area contributed by atoms with E-state index < -0.39 is 0 Å². The average Bonchev–Trinajstić information content (AvgIpc) is 4.27. The van der Waals surface area contributed by atoms with Gasteiger partial charge in [-0.2, -0.15) is 0 Å². The van der Waals surface area contributed by atoms with E-state index >= 15 is 0 Å². The van der Waals surface area contributed by atoms with Crippen molar-refractivity contribution in [1.29, 1.82) is 0 Å². The van der Waals surface area contributed by atoms with Crippen molar-refractivity contribution in [2.24, 2.45) is 7.05 Å². The SMILES string of the molecule is Cn1c(-c2ccccc2)nc2cc(-c3c4ccccc4c(-c4ccc5cc(-c6ccccc6-c6nc7ccccc7n6-c6c7ccccc7c(-c7ccc8ccccc8c7)c7ccccc67)ccc5c4)c4ccccc34)ccc21. The van der Waals surface area contributed by atoms with Crippen molar-refractivity contribution in [1.82, 2.24) is 19.1 Å². The van der Waals surface area contributed by atoms with Crippen LogP contribution < -0.4 is 0 Å². The van der Waals surface area contributed by atoms with Crippen LogP contribution in [0.1, 0.15) is 0 Å². The lowest BCUT2D eigenvalue weighted by atomic mass is 9.85. The average molecular weight is 1010 g/mol. The summed E-state index contributed by atoms with van der Waals surface area (Å²) >= 11 is 0. The van der Waals surface area contributed by atoms with Gasteiger partial charge in [0.1, 0.15) is 11.6 Å². The number of aromatic nitrogens is 4. The summed E-state index contributed by atoms with van der Waals surface area (Å²) in [4.78, 5) is 10.7. The molecule has 368 valence electrons. The van der Waals surface area contributed by atoms with Gasteiger partial charge in [0.15, 0.2) is 0 Å². The molecular formula is C75H48N4. The van der Waals surface area contributed by atoms with E-state index in [2.05, 4.69) is 289 Å². The fourth-order valence-corrected chi connectivity index (χ4v) is 12.9. The van der Waals surface area contributed by atoms with Crippen LogP contribution in [0.5, 0.6) is 0 Å². The number of hydrogen-bond donors (Lipinski definition) is 0. The van der Waals surface area contributed by atoms with Crippen molar-refractivity contribution < 1.29 is 0 Å². The molecule has 2 heterocycles. The Morgan fingerprint density at radius 3 is 1.30 bits per heavy atom. The first-order valence-electron chi connectivity index (χ1n) is 27.1. The first-order chi connectivity index (χ1) is 39.1. The molecule has 79 heavy (non-hydrogen) atoms. The predicted octanol–water partition coefficient (Wildman–Crippen LogP) is 19.8. The maximum Gasteiger partial charge on any atom is 0.146 e. The predicted molar refractivity (Wildman–Crippen MR) is 333 cm³/mol. The van der Waals surface area contributed by atoms with Gasteiger partial charge in [-0.05, 0) is 141 Å². The van der Waals surface area contributed by atoms with Crippen molar-refractivity contribution in [3.05, 3.63) is 273 Å². The third-order valence-electron chi connectivity index (χ3n) is 16.5. The maximum atomic E-state index is 5.54. The van der Waals surface area contributed by atoms with E-state index in [1.54, 1.807) is 0 Å². The fourth-order valence-electron chi connectivity index (χ4n) is 12.9. The molecule has 2 aromatic heterocycles. The van der Waals surface area contributed by atoms with E-state index in [0.29, 0.717) is 0 Å². The topological polar surface area (TPSA) is 35.6 Å². The zero-order chi connectivity index (χ0) is 52.1. The molecule has 0 fully saturated rings. The number of nitrogens with zero attached hydrogens (tertiary/aromatic N) is 4. The van der Waals surface area contributed by atoms with Gasteiger partial charge in [0.05, 0.1) is 27.8 Å². The molecular weight excluding hydrogens is 957 g/mol. The van der Waals surface area contributed by atoms with Gasteiger partial charge in [-0.1, -0.05) is 231 Å². The number of rotatable bonds is 7. The minimum absolute atomic E-state index is 0.903. The second kappa shape index (κ2) is 17.8. The van der Waals surface area contributed by atoms with Crippen molar-refractivity contribution in [2.75, 3.05) is 0 Å². The number of benzene rings is 14. The molecule has 0 saturated carbocycles. The highest BCUT2D eigenvalue weighted by atomic mass is 15.1. The van der Waals surface area contributed by atoms with Gasteiger partial charge in [-0.15, -0.1) is 0 Å². The van der Waals surface area contributed by atoms with E-state index in [9.17, 15) is 0 Å². The monoisotopic (exact) mass is 1000 g/mol. The molecule has 4 heteroatoms. The van der Waals surface area contributed by atoms with Crippen molar-refractivity contribution in [2.45, 2.75) is 0 Å². The van der Waals surface area contributed by atoms with Gasteiger partial charge in [0.2, 0.25) is 0 Å². The molecule has 4 nitrogen and oxygen atoms in total. The molecule has 14 aromatic carbocycles. The van der Waals surface area contributed by atoms with Crippen LogP contribution >= 0.6 is 0 Å². The number of fused-ring (bicyclic) bond motifs is 8. The Morgan fingerprint density at radius 2 is 0.684 bits per heavy atom. The fraction of sp³-hybridized carbons (Fsp3) is 0.0133. The molecule has 0 unspecified atom stereocenters. The Balaban J connectivity index is 0.831. The van der Waals surface area contributed by atoms with Crippen LogP contribution in [0.4, 0.5) is 0 Å². The second-order valence-corrected chi connectivity index (χ2v) is 20.9. The van der Waals surface area contributed by atoms with Crippen molar-refractivity contribution >= 4 is 86.7 Å². The molecule has 16 aromatic rings. The van der Waals surface area contributed by atoms with E-state index in [4.69, 9.17) is 9.97 Å². The van der Waals surface area contributed by atoms with Crippen LogP contribution in [-0.2, 0) is 7.05 Å². The minimum atomic E-state index is 0.903. The van der Waals surface area contributed by atoms with Crippen molar-refractivity contribution in [3.63, 3.8) is 0 Å². The highest BCUT2D eigenvalue weighted by molar-refractivity contribution is 6.23. The highest BCUT2D eigenvalue weighted by Gasteiger charge is 2.24. The van der Waals surface area contributed by atoms with E-state index in [1.165, 1.54) is 92.5 Å². The van der Waals surface area contributed by atoms with Gasteiger partial charge < -0.3 is 4.57 Å². The lowest BCUT2D eigenvalue weighted by Gasteiger charge is -2.21. The summed E-state index contributed by atoms with van der Waals surface area (Å²) in [5.74, 6) is 1.87. The Labute approximate surface area is 456 Å². The van der Waals surface area contributed by atoms with E-state index in [1.807, 2.05) is 0 Å². The van der Waals surface area contributed by atoms with Gasteiger partial charge in [0.25, 0.3) is 0 Å². The van der Waals surface area contributed by atoms with Crippen LogP contribution in [0.15, 0.2) is 273 Å². The lowest BCUT2D eigenvalue weighted by molar-refractivity contribution is 0.959. The third kappa shape index (κ3) is 7.08. The molecule has 0 amide bonds. The molecule has 0 aliphatic carbocycles. The maximum absolute atomic E-state index is 5.54. The normalized spacial score (nSPS) is 11.9. The van der Waals surface area contributed by atoms with Crippen LogP contribution in [-0.4, -0.2) is 19.1 Å². The molecule has 0 radical (unpaired) electrons. The zero-order valence-corrected chi connectivity index (χ0v) is 43.3. The molecule has 0 aliphatic rings. The summed E-state index contributed by atoms with van der Waals surface area (Å²) in [6.07, 6.45) is 0. The first kappa shape index (κ1) is 44.8. The van der Waals surface area contributed by atoms with E-state index in [0.717, 1.165) is 67.2 Å². The van der Waals surface area contributed by atoms with E-state index in [-0.39, 0.29) is 0 Å². The molecule has 0 aliphatic heterocycles. The second-order valence-electron chi connectivity index (χ2n) is 20.9. The summed E-state index contributed by atoms with van der Waals surface area (Å²) in [7, 11) is 2.11. The molecule has 0 atom stereocenters. The Hall–Kier alpha value is -10.4. The summed E-state index contributed by atoms with van der Waals surface area (Å²) in [6, 6.07) is 99.6. The molecule has 0 bridgehead atoms. The van der Waals surface area contributed by atoms with Crippen molar-refractivity contribution in [3.8, 4) is 73.0 Å². The molecule has 0 N–H and O–H groups in total. The lowest BCUT2D eigenvalue weighted by Crippen LogP contribution is -2.02. The molecule has 0 spiro atoms. The standard InChI is InChI=1S/C75H48N4/c1-78-68-42-41-55(46-67(68)77-74(78)48-20-3-2-4-21-48)72-59-26-10-8-24-57(59)70(58-25-9-11-27-60(58)72)54-40-37-50-43-52(38-36-51(50)45-54)56-23-7-16-32-65(56)75-76-66-33-17-18-34-69(66)79(75)73-63-30-14-12-28-61(63)71(62-29-13-15-31-64(62)73)53-39-35-47-19-5-6-22-49(47)44-53/h2-46H,1H3. The van der Waals surface area contributed by atoms with Gasteiger partial charge >= 0.3 is 0 Å². The van der Waals surface area contributed by atoms with Crippen LogP contribution in [0.2, 0.25) is 0 Å². The Kier molecular flexibility index (Phi) is 10.1. The number of imidazole rings is 2. The van der Waals surface area contributed by atoms with Crippen LogP contribution in [0.25, 0.3) is 160 Å². The number of hydrogen-bond acceptors (Lipinski definition) is 2. The minimum Gasteiger partial charge on any atom is -0.327 e. The number of aryl methyl sites for hydroxylation is 1. The van der Waals surface area contributed by atoms with Gasteiger partial charge in [-0.3, -0.25) is 4.57 Å². The van der Waals surface area contributed by atoms with Crippen LogP contribution in [0.3, 0.4) is 0 Å². The Morgan fingerprint density at radius 1 is 0.266 bits per heavy atom. The summed E-state index contributed by atoms with van der Waals surface area (Å²) in [5, 5.41) is 14.5. The third-order valence-corrected chi connectivity index (χ3v) is 16.5. The zero-order valence-electron chi connectivity index (χ0n) is 43.3. The van der Waals surface area contributed by atoms with Gasteiger partial charge in [0, 0.05) is 28.9 Å². The van der Waals surface area contributed by atoms with Crippen LogP contribution in [0, 0.1) is 0 Å². The quantitative estimate of drug-likeness (QED) is 0.149. The smallest absolute Gasteiger partial charge is 0.146 e. The summed E-state index contributed by atoms with van der Waals surface area (Å²) in [5.41, 5.74) is 16.9. The number of para-hydroxylation sites is 2. The highest BCUT2D eigenvalue weighted by Crippen LogP contribution is 2.47.